The maximum absolute atomic E-state index is 14.1. The fraction of sp³-hybridized carbons (Fsp3) is 0.176. The lowest BCUT2D eigenvalue weighted by molar-refractivity contribution is 0.458. The Labute approximate surface area is 137 Å². The number of anilines is 1. The van der Waals surface area contributed by atoms with Crippen LogP contribution >= 0.6 is 0 Å². The van der Waals surface area contributed by atoms with Crippen LogP contribution in [-0.2, 0) is 0 Å². The summed E-state index contributed by atoms with van der Waals surface area (Å²) in [5, 5.41) is 13.7. The zero-order valence-corrected chi connectivity index (χ0v) is 12.9. The summed E-state index contributed by atoms with van der Waals surface area (Å²) >= 11 is 0. The number of hydrogen-bond donors (Lipinski definition) is 3. The highest BCUT2D eigenvalue weighted by Crippen LogP contribution is 2.33. The highest BCUT2D eigenvalue weighted by atomic mass is 19.2. The SMILES string of the molecule is C[C@@H](N)CNc1nc(-c2c(O)ccc(F)c2F)nc2ccccc12. The molecule has 0 bridgehead atoms. The Kier molecular flexibility index (Phi) is 4.26. The number of rotatable bonds is 4. The second kappa shape index (κ2) is 6.37. The van der Waals surface area contributed by atoms with Crippen LogP contribution in [0.2, 0.25) is 0 Å². The summed E-state index contributed by atoms with van der Waals surface area (Å²) in [6.45, 7) is 2.27. The number of fused-ring (bicyclic) bond motifs is 1. The van der Waals surface area contributed by atoms with Crippen molar-refractivity contribution in [1.29, 1.82) is 0 Å². The number of halogens is 2. The van der Waals surface area contributed by atoms with Crippen molar-refractivity contribution in [3.8, 4) is 17.1 Å². The Balaban J connectivity index is 2.21. The number of nitrogens with one attached hydrogen (secondary N) is 1. The zero-order chi connectivity index (χ0) is 17.3. The van der Waals surface area contributed by atoms with Crippen LogP contribution in [0, 0.1) is 11.6 Å². The van der Waals surface area contributed by atoms with E-state index in [4.69, 9.17) is 5.73 Å². The Morgan fingerprint density at radius 1 is 1.17 bits per heavy atom. The van der Waals surface area contributed by atoms with Gasteiger partial charge in [-0.25, -0.2) is 18.7 Å². The lowest BCUT2D eigenvalue weighted by atomic mass is 10.1. The van der Waals surface area contributed by atoms with Crippen LogP contribution in [0.1, 0.15) is 6.92 Å². The molecular weight excluding hydrogens is 314 g/mol. The molecule has 1 atom stereocenters. The number of benzene rings is 2. The van der Waals surface area contributed by atoms with Crippen molar-refractivity contribution in [2.75, 3.05) is 11.9 Å². The lowest BCUT2D eigenvalue weighted by Gasteiger charge is -2.13. The van der Waals surface area contributed by atoms with Crippen molar-refractivity contribution in [3.63, 3.8) is 0 Å². The maximum Gasteiger partial charge on any atom is 0.173 e. The maximum atomic E-state index is 14.1. The number of phenols is 1. The standard InChI is InChI=1S/C17H16F2N4O/c1-9(20)8-21-16-10-4-2-3-5-12(10)22-17(23-16)14-13(24)7-6-11(18)15(14)19/h2-7,9,24H,8,20H2,1H3,(H,21,22,23)/t9-/m1/s1. The average molecular weight is 330 g/mol. The van der Waals surface area contributed by atoms with E-state index in [0.29, 0.717) is 17.9 Å². The second-order valence-electron chi connectivity index (χ2n) is 5.53. The van der Waals surface area contributed by atoms with Gasteiger partial charge in [-0.15, -0.1) is 0 Å². The van der Waals surface area contributed by atoms with E-state index in [1.165, 1.54) is 0 Å². The zero-order valence-electron chi connectivity index (χ0n) is 12.9. The molecule has 1 aromatic heterocycles. The van der Waals surface area contributed by atoms with Crippen LogP contribution in [0.15, 0.2) is 36.4 Å². The molecule has 0 aliphatic rings. The Morgan fingerprint density at radius 2 is 1.92 bits per heavy atom. The third-order valence-electron chi connectivity index (χ3n) is 3.49. The molecule has 1 heterocycles. The van der Waals surface area contributed by atoms with Gasteiger partial charge in [-0.05, 0) is 31.2 Å². The van der Waals surface area contributed by atoms with Crippen LogP contribution in [0.4, 0.5) is 14.6 Å². The topological polar surface area (TPSA) is 84.1 Å². The molecule has 0 aliphatic carbocycles. The Bertz CT molecular complexity index is 899. The average Bonchev–Trinajstić information content (AvgIpc) is 2.56. The van der Waals surface area contributed by atoms with E-state index in [2.05, 4.69) is 15.3 Å². The van der Waals surface area contributed by atoms with E-state index >= 15 is 0 Å². The molecular formula is C17H16F2N4O. The molecule has 0 amide bonds. The number of nitrogens with zero attached hydrogens (tertiary/aromatic N) is 2. The number of hydrogen-bond acceptors (Lipinski definition) is 5. The van der Waals surface area contributed by atoms with Crippen LogP contribution < -0.4 is 11.1 Å². The van der Waals surface area contributed by atoms with Gasteiger partial charge in [0.25, 0.3) is 0 Å². The largest absolute Gasteiger partial charge is 0.507 e. The molecule has 0 radical (unpaired) electrons. The van der Waals surface area contributed by atoms with E-state index in [1.54, 1.807) is 12.1 Å². The lowest BCUT2D eigenvalue weighted by Crippen LogP contribution is -2.25. The van der Waals surface area contributed by atoms with Gasteiger partial charge in [-0.3, -0.25) is 0 Å². The molecule has 3 rings (SSSR count). The number of aromatic hydroxyl groups is 1. The number of phenolic OH excluding ortho intramolecular Hbond substituents is 1. The number of nitrogens with two attached hydrogens (primary N) is 1. The van der Waals surface area contributed by atoms with Gasteiger partial charge in [0.15, 0.2) is 17.5 Å². The van der Waals surface area contributed by atoms with Crippen LogP contribution in [0.3, 0.4) is 0 Å². The fourth-order valence-electron chi connectivity index (χ4n) is 2.33. The minimum Gasteiger partial charge on any atom is -0.507 e. The van der Waals surface area contributed by atoms with E-state index in [0.717, 1.165) is 17.5 Å². The molecule has 3 aromatic rings. The van der Waals surface area contributed by atoms with E-state index < -0.39 is 17.4 Å². The van der Waals surface area contributed by atoms with Crippen LogP contribution in [-0.4, -0.2) is 27.7 Å². The molecule has 124 valence electrons. The van der Waals surface area contributed by atoms with Crippen molar-refractivity contribution < 1.29 is 13.9 Å². The quantitative estimate of drug-likeness (QED) is 0.685. The predicted molar refractivity (Wildman–Crippen MR) is 88.7 cm³/mol. The fourth-order valence-corrected chi connectivity index (χ4v) is 2.33. The van der Waals surface area contributed by atoms with Crippen molar-refractivity contribution in [2.24, 2.45) is 5.73 Å². The summed E-state index contributed by atoms with van der Waals surface area (Å²) in [5.41, 5.74) is 5.91. The first-order chi connectivity index (χ1) is 11.5. The smallest absolute Gasteiger partial charge is 0.173 e. The number of aromatic nitrogens is 2. The van der Waals surface area contributed by atoms with Crippen LogP contribution in [0.25, 0.3) is 22.3 Å². The van der Waals surface area contributed by atoms with E-state index in [9.17, 15) is 13.9 Å². The van der Waals surface area contributed by atoms with Gasteiger partial charge in [-0.2, -0.15) is 0 Å². The third-order valence-corrected chi connectivity index (χ3v) is 3.49. The molecule has 0 aliphatic heterocycles. The molecule has 5 nitrogen and oxygen atoms in total. The predicted octanol–water partition coefficient (Wildman–Crippen LogP) is 3.04. The molecule has 0 spiro atoms. The summed E-state index contributed by atoms with van der Waals surface area (Å²) in [4.78, 5) is 8.51. The molecule has 24 heavy (non-hydrogen) atoms. The van der Waals surface area contributed by atoms with Crippen molar-refractivity contribution >= 4 is 16.7 Å². The van der Waals surface area contributed by atoms with E-state index in [-0.39, 0.29) is 17.4 Å². The third kappa shape index (κ3) is 2.98. The Hall–Kier alpha value is -2.80. The number of para-hydroxylation sites is 1. The first kappa shape index (κ1) is 16.1. The molecule has 0 fully saturated rings. The van der Waals surface area contributed by atoms with Gasteiger partial charge in [0, 0.05) is 18.0 Å². The van der Waals surface area contributed by atoms with Crippen molar-refractivity contribution in [2.45, 2.75) is 13.0 Å². The van der Waals surface area contributed by atoms with Gasteiger partial charge >= 0.3 is 0 Å². The van der Waals surface area contributed by atoms with Crippen molar-refractivity contribution in [1.82, 2.24) is 9.97 Å². The normalized spacial score (nSPS) is 12.3. The summed E-state index contributed by atoms with van der Waals surface area (Å²) in [6, 6.07) is 8.93. The van der Waals surface area contributed by atoms with Gasteiger partial charge in [0.1, 0.15) is 11.6 Å². The van der Waals surface area contributed by atoms with Crippen molar-refractivity contribution in [3.05, 3.63) is 48.0 Å². The highest BCUT2D eigenvalue weighted by Gasteiger charge is 2.19. The highest BCUT2D eigenvalue weighted by molar-refractivity contribution is 5.90. The first-order valence-corrected chi connectivity index (χ1v) is 7.41. The minimum atomic E-state index is -1.19. The first-order valence-electron chi connectivity index (χ1n) is 7.41. The minimum absolute atomic E-state index is 0.102. The molecule has 0 saturated carbocycles. The monoisotopic (exact) mass is 330 g/mol. The van der Waals surface area contributed by atoms with Gasteiger partial charge < -0.3 is 16.2 Å². The summed E-state index contributed by atoms with van der Waals surface area (Å²) < 4.78 is 27.7. The van der Waals surface area contributed by atoms with E-state index in [1.807, 2.05) is 19.1 Å². The summed E-state index contributed by atoms with van der Waals surface area (Å²) in [5.74, 6) is -2.36. The summed E-state index contributed by atoms with van der Waals surface area (Å²) in [6.07, 6.45) is 0. The van der Waals surface area contributed by atoms with Gasteiger partial charge in [-0.1, -0.05) is 12.1 Å². The molecule has 0 unspecified atom stereocenters. The Morgan fingerprint density at radius 3 is 2.67 bits per heavy atom. The molecule has 7 heteroatoms. The molecule has 2 aromatic carbocycles. The molecule has 4 N–H and O–H groups in total. The summed E-state index contributed by atoms with van der Waals surface area (Å²) in [7, 11) is 0. The molecule has 0 saturated heterocycles. The van der Waals surface area contributed by atoms with Gasteiger partial charge in [0.05, 0.1) is 11.1 Å². The van der Waals surface area contributed by atoms with Gasteiger partial charge in [0.2, 0.25) is 0 Å². The second-order valence-corrected chi connectivity index (χ2v) is 5.53. The van der Waals surface area contributed by atoms with Crippen LogP contribution in [0.5, 0.6) is 5.75 Å².